The summed E-state index contributed by atoms with van der Waals surface area (Å²) in [7, 11) is 0. The number of hydrogen-bond donors (Lipinski definition) is 1. The molecule has 1 aromatic rings. The first-order valence-electron chi connectivity index (χ1n) is 7.60. The van der Waals surface area contributed by atoms with E-state index in [-0.39, 0.29) is 17.9 Å². The van der Waals surface area contributed by atoms with Crippen LogP contribution in [-0.4, -0.2) is 53.8 Å². The molecule has 0 aromatic heterocycles. The molecule has 21 heavy (non-hydrogen) atoms. The van der Waals surface area contributed by atoms with Crippen molar-refractivity contribution in [3.8, 4) is 0 Å². The normalized spacial score (nSPS) is 22.7. The molecule has 5 nitrogen and oxygen atoms in total. The van der Waals surface area contributed by atoms with E-state index in [1.807, 2.05) is 0 Å². The molecule has 2 heterocycles. The summed E-state index contributed by atoms with van der Waals surface area (Å²) in [5.74, 6) is -0.322. The summed E-state index contributed by atoms with van der Waals surface area (Å²) in [6.07, 6.45) is 3.03. The second-order valence-electron chi connectivity index (χ2n) is 5.86. The number of hydrogen-bond acceptors (Lipinski definition) is 4. The standard InChI is InChI=1S/C16H21N3O2/c17-12-5-3-8-18(11-12)9-4-10-19-15(20)13-6-1-2-7-14(13)16(19)21/h1-2,6-7,12H,3-5,8-11,17H2. The van der Waals surface area contributed by atoms with Crippen LogP contribution in [0.1, 0.15) is 40.0 Å². The summed E-state index contributed by atoms with van der Waals surface area (Å²) >= 11 is 0. The van der Waals surface area contributed by atoms with Gasteiger partial charge in [0.05, 0.1) is 11.1 Å². The van der Waals surface area contributed by atoms with Crippen LogP contribution in [0.25, 0.3) is 0 Å². The fraction of sp³-hybridized carbons (Fsp3) is 0.500. The Balaban J connectivity index is 1.55. The van der Waals surface area contributed by atoms with Crippen molar-refractivity contribution >= 4 is 11.8 Å². The van der Waals surface area contributed by atoms with Crippen LogP contribution in [0.5, 0.6) is 0 Å². The van der Waals surface area contributed by atoms with Crippen molar-refractivity contribution in [3.05, 3.63) is 35.4 Å². The SMILES string of the molecule is NC1CCCN(CCCN2C(=O)c3ccccc3C2=O)C1. The van der Waals surface area contributed by atoms with E-state index < -0.39 is 0 Å². The van der Waals surface area contributed by atoms with E-state index in [9.17, 15) is 9.59 Å². The van der Waals surface area contributed by atoms with Gasteiger partial charge in [-0.1, -0.05) is 12.1 Å². The molecule has 5 heteroatoms. The van der Waals surface area contributed by atoms with Gasteiger partial charge in [-0.15, -0.1) is 0 Å². The minimum Gasteiger partial charge on any atom is -0.327 e. The molecule has 0 spiro atoms. The van der Waals surface area contributed by atoms with Crippen LogP contribution in [-0.2, 0) is 0 Å². The molecule has 112 valence electrons. The number of nitrogens with two attached hydrogens (primary N) is 1. The Morgan fingerprint density at radius 2 is 1.76 bits per heavy atom. The molecular formula is C16H21N3O2. The lowest BCUT2D eigenvalue weighted by Crippen LogP contribution is -2.43. The van der Waals surface area contributed by atoms with Crippen LogP contribution < -0.4 is 5.73 Å². The zero-order chi connectivity index (χ0) is 14.8. The van der Waals surface area contributed by atoms with Gasteiger partial charge in [-0.3, -0.25) is 14.5 Å². The Morgan fingerprint density at radius 1 is 1.10 bits per heavy atom. The first kappa shape index (κ1) is 14.2. The van der Waals surface area contributed by atoms with Crippen LogP contribution in [0, 0.1) is 0 Å². The minimum absolute atomic E-state index is 0.161. The number of likely N-dealkylation sites (tertiary alicyclic amines) is 1. The molecule has 1 atom stereocenters. The molecule has 2 aliphatic rings. The first-order chi connectivity index (χ1) is 10.2. The van der Waals surface area contributed by atoms with E-state index in [0.717, 1.165) is 38.9 Å². The van der Waals surface area contributed by atoms with Gasteiger partial charge in [0.1, 0.15) is 0 Å². The maximum absolute atomic E-state index is 12.2. The smallest absolute Gasteiger partial charge is 0.261 e. The van der Waals surface area contributed by atoms with Crippen molar-refractivity contribution < 1.29 is 9.59 Å². The summed E-state index contributed by atoms with van der Waals surface area (Å²) in [4.78, 5) is 28.1. The van der Waals surface area contributed by atoms with Gasteiger partial charge in [0.2, 0.25) is 0 Å². The Bertz CT molecular complexity index is 523. The Morgan fingerprint density at radius 3 is 2.38 bits per heavy atom. The third kappa shape index (κ3) is 2.84. The van der Waals surface area contributed by atoms with Gasteiger partial charge in [-0.05, 0) is 44.5 Å². The van der Waals surface area contributed by atoms with Crippen molar-refractivity contribution in [3.63, 3.8) is 0 Å². The number of rotatable bonds is 4. The maximum Gasteiger partial charge on any atom is 0.261 e. The largest absolute Gasteiger partial charge is 0.327 e. The summed E-state index contributed by atoms with van der Waals surface area (Å²) in [6, 6.07) is 7.29. The zero-order valence-electron chi connectivity index (χ0n) is 12.1. The lowest BCUT2D eigenvalue weighted by atomic mass is 10.1. The molecule has 2 N–H and O–H groups in total. The van der Waals surface area contributed by atoms with Crippen LogP contribution >= 0.6 is 0 Å². The second-order valence-corrected chi connectivity index (χ2v) is 5.86. The van der Waals surface area contributed by atoms with Crippen molar-refractivity contribution in [1.82, 2.24) is 9.80 Å². The fourth-order valence-corrected chi connectivity index (χ4v) is 3.19. The van der Waals surface area contributed by atoms with Crippen LogP contribution in [0.15, 0.2) is 24.3 Å². The van der Waals surface area contributed by atoms with Crippen LogP contribution in [0.3, 0.4) is 0 Å². The Labute approximate surface area is 124 Å². The van der Waals surface area contributed by atoms with Crippen molar-refractivity contribution in [2.45, 2.75) is 25.3 Å². The molecule has 0 saturated carbocycles. The molecule has 1 fully saturated rings. The third-order valence-electron chi connectivity index (χ3n) is 4.28. The molecule has 2 aliphatic heterocycles. The van der Waals surface area contributed by atoms with E-state index in [0.29, 0.717) is 17.7 Å². The average molecular weight is 287 g/mol. The van der Waals surface area contributed by atoms with Gasteiger partial charge in [0.25, 0.3) is 11.8 Å². The monoisotopic (exact) mass is 287 g/mol. The highest BCUT2D eigenvalue weighted by molar-refractivity contribution is 6.21. The van der Waals surface area contributed by atoms with Crippen LogP contribution in [0.2, 0.25) is 0 Å². The number of piperidine rings is 1. The summed E-state index contributed by atoms with van der Waals surface area (Å²) in [5.41, 5.74) is 7.02. The number of fused-ring (bicyclic) bond motifs is 1. The van der Waals surface area contributed by atoms with Gasteiger partial charge < -0.3 is 10.6 Å². The highest BCUT2D eigenvalue weighted by Gasteiger charge is 2.34. The van der Waals surface area contributed by atoms with Gasteiger partial charge in [-0.2, -0.15) is 0 Å². The number of nitrogens with zero attached hydrogens (tertiary/aromatic N) is 2. The summed E-state index contributed by atoms with van der Waals surface area (Å²) in [5, 5.41) is 0. The molecule has 1 aromatic carbocycles. The number of imide groups is 1. The van der Waals surface area contributed by atoms with Gasteiger partial charge in [0.15, 0.2) is 0 Å². The average Bonchev–Trinajstić information content (AvgIpc) is 2.73. The molecule has 3 rings (SSSR count). The lowest BCUT2D eigenvalue weighted by molar-refractivity contribution is 0.0645. The predicted molar refractivity (Wildman–Crippen MR) is 80.1 cm³/mol. The number of carbonyl (C=O) groups excluding carboxylic acids is 2. The van der Waals surface area contributed by atoms with Gasteiger partial charge in [-0.25, -0.2) is 0 Å². The van der Waals surface area contributed by atoms with Gasteiger partial charge in [0, 0.05) is 19.1 Å². The van der Waals surface area contributed by atoms with Crippen molar-refractivity contribution in [2.24, 2.45) is 5.73 Å². The fourth-order valence-electron chi connectivity index (χ4n) is 3.19. The molecule has 0 radical (unpaired) electrons. The van der Waals surface area contributed by atoms with E-state index >= 15 is 0 Å². The number of benzene rings is 1. The predicted octanol–water partition coefficient (Wildman–Crippen LogP) is 1.10. The summed E-state index contributed by atoms with van der Waals surface area (Å²) in [6.45, 7) is 3.36. The molecular weight excluding hydrogens is 266 g/mol. The van der Waals surface area contributed by atoms with Crippen LogP contribution in [0.4, 0.5) is 0 Å². The van der Waals surface area contributed by atoms with Gasteiger partial charge >= 0.3 is 0 Å². The maximum atomic E-state index is 12.2. The number of amides is 2. The molecule has 2 amide bonds. The first-order valence-corrected chi connectivity index (χ1v) is 7.60. The highest BCUT2D eigenvalue weighted by atomic mass is 16.2. The van der Waals surface area contributed by atoms with Crippen molar-refractivity contribution in [2.75, 3.05) is 26.2 Å². The number of carbonyl (C=O) groups is 2. The molecule has 1 unspecified atom stereocenters. The molecule has 0 aliphatic carbocycles. The van der Waals surface area contributed by atoms with E-state index in [1.54, 1.807) is 24.3 Å². The minimum atomic E-state index is -0.161. The Kier molecular flexibility index (Phi) is 4.03. The summed E-state index contributed by atoms with van der Waals surface area (Å²) < 4.78 is 0. The topological polar surface area (TPSA) is 66.6 Å². The molecule has 1 saturated heterocycles. The van der Waals surface area contributed by atoms with Crippen molar-refractivity contribution in [1.29, 1.82) is 0 Å². The van der Waals surface area contributed by atoms with E-state index in [2.05, 4.69) is 4.90 Å². The third-order valence-corrected chi connectivity index (χ3v) is 4.28. The van der Waals surface area contributed by atoms with E-state index in [4.69, 9.17) is 5.73 Å². The quantitative estimate of drug-likeness (QED) is 0.842. The lowest BCUT2D eigenvalue weighted by Gasteiger charge is -2.30. The second kappa shape index (κ2) is 5.95. The molecule has 0 bridgehead atoms. The highest BCUT2D eigenvalue weighted by Crippen LogP contribution is 2.22. The Hall–Kier alpha value is -1.72. The zero-order valence-corrected chi connectivity index (χ0v) is 12.1. The van der Waals surface area contributed by atoms with E-state index in [1.165, 1.54) is 4.90 Å².